The van der Waals surface area contributed by atoms with E-state index in [9.17, 15) is 4.79 Å². The van der Waals surface area contributed by atoms with Crippen molar-refractivity contribution < 1.29 is 9.53 Å². The van der Waals surface area contributed by atoms with Gasteiger partial charge in [0.15, 0.2) is 11.5 Å². The number of anilines is 1. The molecule has 0 unspecified atom stereocenters. The Bertz CT molecular complexity index is 983. The third-order valence-corrected chi connectivity index (χ3v) is 5.22. The van der Waals surface area contributed by atoms with E-state index in [1.807, 2.05) is 24.3 Å². The lowest BCUT2D eigenvalue weighted by molar-refractivity contribution is -0.125. The van der Waals surface area contributed by atoms with Gasteiger partial charge in [0.2, 0.25) is 11.2 Å². The summed E-state index contributed by atoms with van der Waals surface area (Å²) in [6.07, 6.45) is 3.07. The highest BCUT2D eigenvalue weighted by Gasteiger charge is 2.27. The smallest absolute Gasteiger partial charge is 0.226 e. The molecule has 2 N–H and O–H groups in total. The van der Waals surface area contributed by atoms with Gasteiger partial charge in [0, 0.05) is 31.1 Å². The monoisotopic (exact) mass is 400 g/mol. The lowest BCUT2D eigenvalue weighted by Gasteiger charge is -2.32. The average molecular weight is 401 g/mol. The fraction of sp³-hybridized carbons (Fsp3) is 0.368. The van der Waals surface area contributed by atoms with Gasteiger partial charge < -0.3 is 19.9 Å². The van der Waals surface area contributed by atoms with Gasteiger partial charge in [0.25, 0.3) is 0 Å². The molecule has 3 heterocycles. The van der Waals surface area contributed by atoms with Crippen LogP contribution in [0.2, 0.25) is 5.28 Å². The van der Waals surface area contributed by atoms with Crippen LogP contribution in [0.1, 0.15) is 18.4 Å². The van der Waals surface area contributed by atoms with Gasteiger partial charge >= 0.3 is 0 Å². The summed E-state index contributed by atoms with van der Waals surface area (Å²) in [4.78, 5) is 30.4. The zero-order chi connectivity index (χ0) is 19.5. The van der Waals surface area contributed by atoms with E-state index in [1.54, 1.807) is 13.4 Å². The molecule has 0 spiro atoms. The molecule has 9 heteroatoms. The Kier molecular flexibility index (Phi) is 5.29. The van der Waals surface area contributed by atoms with E-state index < -0.39 is 0 Å². The van der Waals surface area contributed by atoms with Crippen LogP contribution in [0.5, 0.6) is 5.75 Å². The molecule has 0 atom stereocenters. The fourth-order valence-electron chi connectivity index (χ4n) is 3.55. The minimum absolute atomic E-state index is 0.0273. The Morgan fingerprint density at radius 1 is 1.32 bits per heavy atom. The molecular formula is C19H21ClN6O2. The van der Waals surface area contributed by atoms with Gasteiger partial charge in [-0.15, -0.1) is 0 Å². The summed E-state index contributed by atoms with van der Waals surface area (Å²) in [5.41, 5.74) is 2.28. The largest absolute Gasteiger partial charge is 0.496 e. The van der Waals surface area contributed by atoms with Crippen LogP contribution in [0, 0.1) is 5.92 Å². The molecule has 1 amide bonds. The maximum atomic E-state index is 12.6. The van der Waals surface area contributed by atoms with Crippen molar-refractivity contribution in [2.45, 2.75) is 19.4 Å². The van der Waals surface area contributed by atoms with Crippen LogP contribution in [0.25, 0.3) is 11.2 Å². The molecule has 4 rings (SSSR count). The molecule has 28 heavy (non-hydrogen) atoms. The molecule has 8 nitrogen and oxygen atoms in total. The molecule has 0 bridgehead atoms. The third kappa shape index (κ3) is 3.73. The fourth-order valence-corrected chi connectivity index (χ4v) is 3.71. The molecule has 1 aliphatic rings. The van der Waals surface area contributed by atoms with Gasteiger partial charge in [-0.3, -0.25) is 4.79 Å². The number of aromatic amines is 1. The number of piperidine rings is 1. The van der Waals surface area contributed by atoms with Crippen molar-refractivity contribution >= 4 is 34.5 Å². The average Bonchev–Trinajstić information content (AvgIpc) is 3.20. The number of carbonyl (C=O) groups is 1. The van der Waals surface area contributed by atoms with E-state index in [2.05, 4.69) is 30.2 Å². The molecule has 1 saturated heterocycles. The Balaban J connectivity index is 1.37. The first-order valence-electron chi connectivity index (χ1n) is 9.17. The van der Waals surface area contributed by atoms with Gasteiger partial charge in [-0.2, -0.15) is 9.97 Å². The highest BCUT2D eigenvalue weighted by Crippen LogP contribution is 2.27. The molecule has 0 saturated carbocycles. The summed E-state index contributed by atoms with van der Waals surface area (Å²) < 4.78 is 5.34. The number of benzene rings is 1. The second-order valence-electron chi connectivity index (χ2n) is 6.71. The van der Waals surface area contributed by atoms with Crippen LogP contribution in [0.4, 0.5) is 5.82 Å². The first-order valence-corrected chi connectivity index (χ1v) is 9.54. The summed E-state index contributed by atoms with van der Waals surface area (Å²) in [5, 5.41) is 3.20. The molecular weight excluding hydrogens is 380 g/mol. The van der Waals surface area contributed by atoms with E-state index >= 15 is 0 Å². The van der Waals surface area contributed by atoms with E-state index in [4.69, 9.17) is 16.3 Å². The quantitative estimate of drug-likeness (QED) is 0.639. The van der Waals surface area contributed by atoms with E-state index in [0.717, 1.165) is 35.5 Å². The number of H-pyrrole nitrogens is 1. The number of imidazole rings is 1. The van der Waals surface area contributed by atoms with Crippen molar-refractivity contribution in [2.24, 2.45) is 5.92 Å². The van der Waals surface area contributed by atoms with Crippen molar-refractivity contribution in [2.75, 3.05) is 25.1 Å². The highest BCUT2D eigenvalue weighted by molar-refractivity contribution is 6.28. The third-order valence-electron chi connectivity index (χ3n) is 5.05. The number of amides is 1. The van der Waals surface area contributed by atoms with Crippen molar-refractivity contribution in [1.82, 2.24) is 25.3 Å². The number of rotatable bonds is 5. The predicted molar refractivity (Wildman–Crippen MR) is 106 cm³/mol. The van der Waals surface area contributed by atoms with E-state index in [0.29, 0.717) is 25.3 Å². The number of nitrogens with one attached hydrogen (secondary N) is 2. The minimum Gasteiger partial charge on any atom is -0.496 e. The number of carbonyl (C=O) groups excluding carboxylic acids is 1. The molecule has 1 fully saturated rings. The molecule has 3 aromatic rings. The topological polar surface area (TPSA) is 96.0 Å². The lowest BCUT2D eigenvalue weighted by atomic mass is 9.95. The Labute approximate surface area is 167 Å². The number of ether oxygens (including phenoxy) is 1. The number of para-hydroxylation sites is 1. The summed E-state index contributed by atoms with van der Waals surface area (Å²) >= 11 is 6.03. The zero-order valence-electron chi connectivity index (χ0n) is 15.5. The van der Waals surface area contributed by atoms with Crippen molar-refractivity contribution in [1.29, 1.82) is 0 Å². The van der Waals surface area contributed by atoms with Gasteiger partial charge in [0.05, 0.1) is 13.4 Å². The molecule has 0 radical (unpaired) electrons. The highest BCUT2D eigenvalue weighted by atomic mass is 35.5. The first-order chi connectivity index (χ1) is 13.7. The zero-order valence-corrected chi connectivity index (χ0v) is 16.2. The van der Waals surface area contributed by atoms with E-state index in [-0.39, 0.29) is 17.1 Å². The molecule has 146 valence electrons. The van der Waals surface area contributed by atoms with Gasteiger partial charge in [-0.25, -0.2) is 4.98 Å². The number of aromatic nitrogens is 4. The normalized spacial score (nSPS) is 15.0. The number of halogens is 1. The Morgan fingerprint density at radius 3 is 2.89 bits per heavy atom. The SMILES string of the molecule is COc1ccccc1CNC(=O)C1CCN(c2nc(Cl)nc3nc[nH]c23)CC1. The second kappa shape index (κ2) is 8.02. The van der Waals surface area contributed by atoms with Crippen LogP contribution in [-0.4, -0.2) is 46.0 Å². The van der Waals surface area contributed by atoms with Gasteiger partial charge in [0.1, 0.15) is 11.3 Å². The van der Waals surface area contributed by atoms with Gasteiger partial charge in [-0.05, 0) is 30.5 Å². The van der Waals surface area contributed by atoms with Crippen LogP contribution < -0.4 is 15.0 Å². The van der Waals surface area contributed by atoms with Crippen LogP contribution in [0.15, 0.2) is 30.6 Å². The maximum absolute atomic E-state index is 12.6. The maximum Gasteiger partial charge on any atom is 0.226 e. The summed E-state index contributed by atoms with van der Waals surface area (Å²) in [5.74, 6) is 1.56. The number of methoxy groups -OCH3 is 1. The van der Waals surface area contributed by atoms with Crippen molar-refractivity contribution in [3.8, 4) is 5.75 Å². The Morgan fingerprint density at radius 2 is 2.11 bits per heavy atom. The summed E-state index contributed by atoms with van der Waals surface area (Å²) in [6, 6.07) is 7.70. The molecule has 2 aromatic heterocycles. The lowest BCUT2D eigenvalue weighted by Crippen LogP contribution is -2.40. The predicted octanol–water partition coefficient (Wildman–Crippen LogP) is 2.55. The number of hydrogen-bond acceptors (Lipinski definition) is 6. The minimum atomic E-state index is -0.0273. The molecule has 0 aliphatic carbocycles. The summed E-state index contributed by atoms with van der Waals surface area (Å²) in [6.45, 7) is 1.89. The number of fused-ring (bicyclic) bond motifs is 1. The second-order valence-corrected chi connectivity index (χ2v) is 7.05. The number of nitrogens with zero attached hydrogens (tertiary/aromatic N) is 4. The molecule has 1 aliphatic heterocycles. The van der Waals surface area contributed by atoms with E-state index in [1.165, 1.54) is 0 Å². The standard InChI is InChI=1S/C19H21ClN6O2/c1-28-14-5-3-2-4-13(14)10-21-18(27)12-6-8-26(9-7-12)17-15-16(23-11-22-15)24-19(20)25-17/h2-5,11-12H,6-10H2,1H3,(H,21,27)(H,22,23,24,25). The van der Waals surface area contributed by atoms with Crippen molar-refractivity contribution in [3.63, 3.8) is 0 Å². The van der Waals surface area contributed by atoms with Crippen molar-refractivity contribution in [3.05, 3.63) is 41.4 Å². The molecule has 1 aromatic carbocycles. The van der Waals surface area contributed by atoms with Gasteiger partial charge in [-0.1, -0.05) is 18.2 Å². The Hall–Kier alpha value is -2.87. The first kappa shape index (κ1) is 18.5. The summed E-state index contributed by atoms with van der Waals surface area (Å²) in [7, 11) is 1.63. The van der Waals surface area contributed by atoms with Crippen LogP contribution in [-0.2, 0) is 11.3 Å². The van der Waals surface area contributed by atoms with Crippen LogP contribution >= 0.6 is 11.6 Å². The number of hydrogen-bond donors (Lipinski definition) is 2. The van der Waals surface area contributed by atoms with Crippen LogP contribution in [0.3, 0.4) is 0 Å².